The fourth-order valence-corrected chi connectivity index (χ4v) is 12.1. The number of allylic oxidation sites excluding steroid dienone is 4. The predicted molar refractivity (Wildman–Crippen MR) is 327 cm³/mol. The van der Waals surface area contributed by atoms with E-state index in [2.05, 4.69) is 292 Å². The molecule has 76 heavy (non-hydrogen) atoms. The Morgan fingerprint density at radius 3 is 1.51 bits per heavy atom. The van der Waals surface area contributed by atoms with Gasteiger partial charge in [0.1, 0.15) is 0 Å². The average Bonchev–Trinajstić information content (AvgIpc) is 4.18. The van der Waals surface area contributed by atoms with Crippen LogP contribution in [-0.4, -0.2) is 0 Å². The zero-order chi connectivity index (χ0) is 52.6. The SMILES string of the molecule is CCC1C=CC(c2ccc(-c3ccccc3)cc2)=CC1.Cc1ccc2c(c1)C(C)(C)c1cc(-c3ccc4c(c3)Cc3ccccc3-4)ccc1-2.Cc1ccc2c(c1)C(C)(C)c1ccccc1-2.Cc1ccc2ccccc2c1. The van der Waals surface area contributed by atoms with E-state index in [-0.39, 0.29) is 10.8 Å². The van der Waals surface area contributed by atoms with Crippen LogP contribution in [0.25, 0.3) is 72.0 Å². The molecular formula is C76H70. The van der Waals surface area contributed by atoms with Crippen molar-refractivity contribution in [3.8, 4) is 55.6 Å². The molecule has 1 atom stereocenters. The smallest absolute Gasteiger partial charge is 0.0159 e. The van der Waals surface area contributed by atoms with Gasteiger partial charge in [0.25, 0.3) is 0 Å². The van der Waals surface area contributed by atoms with Gasteiger partial charge in [-0.2, -0.15) is 0 Å². The molecule has 10 aromatic carbocycles. The lowest BCUT2D eigenvalue weighted by Crippen LogP contribution is -2.15. The van der Waals surface area contributed by atoms with Gasteiger partial charge in [0, 0.05) is 10.8 Å². The van der Waals surface area contributed by atoms with Gasteiger partial charge in [-0.15, -0.1) is 0 Å². The van der Waals surface area contributed by atoms with Crippen LogP contribution < -0.4 is 0 Å². The Labute approximate surface area is 453 Å². The molecular weight excluding hydrogens is 913 g/mol. The summed E-state index contributed by atoms with van der Waals surface area (Å²) >= 11 is 0. The fraction of sp³-hybridized carbons (Fsp3) is 0.184. The molecule has 0 saturated heterocycles. The van der Waals surface area contributed by atoms with Gasteiger partial charge in [-0.05, 0) is 163 Å². The molecule has 0 fully saturated rings. The van der Waals surface area contributed by atoms with Crippen LogP contribution in [0.5, 0.6) is 0 Å². The number of hydrogen-bond donors (Lipinski definition) is 0. The average molecular weight is 983 g/mol. The molecule has 10 aromatic rings. The molecule has 1 unspecified atom stereocenters. The molecule has 0 amide bonds. The van der Waals surface area contributed by atoms with Gasteiger partial charge in [0.05, 0.1) is 0 Å². The molecule has 0 spiro atoms. The first kappa shape index (κ1) is 50.1. The summed E-state index contributed by atoms with van der Waals surface area (Å²) in [7, 11) is 0. The number of benzene rings is 10. The van der Waals surface area contributed by atoms with E-state index in [9.17, 15) is 0 Å². The zero-order valence-corrected chi connectivity index (χ0v) is 45.7. The highest BCUT2D eigenvalue weighted by atomic mass is 14.4. The maximum Gasteiger partial charge on any atom is 0.0159 e. The number of rotatable bonds is 4. The van der Waals surface area contributed by atoms with Crippen LogP contribution in [0.4, 0.5) is 0 Å². The van der Waals surface area contributed by atoms with Gasteiger partial charge in [0.15, 0.2) is 0 Å². The van der Waals surface area contributed by atoms with E-state index in [1.807, 2.05) is 0 Å². The van der Waals surface area contributed by atoms with Crippen molar-refractivity contribution < 1.29 is 0 Å². The second-order valence-corrected chi connectivity index (χ2v) is 22.6. The van der Waals surface area contributed by atoms with Crippen molar-refractivity contribution in [3.63, 3.8) is 0 Å². The highest BCUT2D eigenvalue weighted by Crippen LogP contribution is 2.51. The Balaban J connectivity index is 0.000000115. The summed E-state index contributed by atoms with van der Waals surface area (Å²) in [6.45, 7) is 18.1. The first-order valence-electron chi connectivity index (χ1n) is 27.5. The van der Waals surface area contributed by atoms with Gasteiger partial charge in [-0.3, -0.25) is 0 Å². The van der Waals surface area contributed by atoms with Gasteiger partial charge >= 0.3 is 0 Å². The van der Waals surface area contributed by atoms with Crippen LogP contribution in [0.2, 0.25) is 0 Å². The Morgan fingerprint density at radius 2 is 0.842 bits per heavy atom. The van der Waals surface area contributed by atoms with Crippen molar-refractivity contribution >= 4 is 16.3 Å². The van der Waals surface area contributed by atoms with E-state index in [1.54, 1.807) is 0 Å². The standard InChI is InChI=1S/C29H24.C20H20.C16H16.C11H10/c1-18-8-11-25-26-13-10-20(17-28(26)29(2,3)27(25)14-18)19-9-12-24-22(15-19)16-21-6-4-5-7-23(21)24;1-2-16-8-10-18(11-9-16)20-14-12-19(13-15-20)17-6-4-3-5-7-17;1-11-8-9-13-12-6-4-5-7-14(12)16(2,3)15(13)10-11;1-9-6-7-10-4-2-3-5-11(10)8-9/h4-15,17H,16H2,1-3H3;3-8,10-16H,2,9H2,1H3;4-10H,1-3H3;2-8H,1H3. The predicted octanol–water partition coefficient (Wildman–Crippen LogP) is 20.7. The van der Waals surface area contributed by atoms with E-state index in [1.165, 1.54) is 140 Å². The minimum atomic E-state index is 0.0413. The maximum atomic E-state index is 2.43. The molecule has 0 nitrogen and oxygen atoms in total. The van der Waals surface area contributed by atoms with Gasteiger partial charge in [-0.25, -0.2) is 0 Å². The largest absolute Gasteiger partial charge is 0.0805 e. The summed E-state index contributed by atoms with van der Waals surface area (Å²) in [6.07, 6.45) is 10.4. The third kappa shape index (κ3) is 9.86. The third-order valence-electron chi connectivity index (χ3n) is 16.6. The molecule has 4 aliphatic rings. The Bertz CT molecular complexity index is 3820. The minimum absolute atomic E-state index is 0.0413. The Morgan fingerprint density at radius 1 is 0.368 bits per heavy atom. The molecule has 374 valence electrons. The summed E-state index contributed by atoms with van der Waals surface area (Å²) < 4.78 is 0. The minimum Gasteiger partial charge on any atom is -0.0805 e. The quantitative estimate of drug-likeness (QED) is 0.165. The first-order chi connectivity index (χ1) is 36.8. The highest BCUT2D eigenvalue weighted by molar-refractivity contribution is 5.86. The third-order valence-corrected chi connectivity index (χ3v) is 16.6. The van der Waals surface area contributed by atoms with Crippen LogP contribution in [0, 0.1) is 26.7 Å². The number of fused-ring (bicyclic) bond motifs is 10. The summed E-state index contributed by atoms with van der Waals surface area (Å²) in [5, 5.41) is 2.64. The number of aryl methyl sites for hydroxylation is 3. The van der Waals surface area contributed by atoms with Gasteiger partial charge < -0.3 is 0 Å². The van der Waals surface area contributed by atoms with Crippen molar-refractivity contribution in [2.24, 2.45) is 5.92 Å². The van der Waals surface area contributed by atoms with Crippen molar-refractivity contribution in [3.05, 3.63) is 292 Å². The first-order valence-corrected chi connectivity index (χ1v) is 27.5. The molecule has 14 rings (SSSR count). The summed E-state index contributed by atoms with van der Waals surface area (Å²) in [6, 6.07) is 79.6. The molecule has 4 aliphatic carbocycles. The van der Waals surface area contributed by atoms with E-state index >= 15 is 0 Å². The molecule has 0 bridgehead atoms. The topological polar surface area (TPSA) is 0 Å². The molecule has 0 saturated carbocycles. The molecule has 0 heteroatoms. The molecule has 0 N–H and O–H groups in total. The van der Waals surface area contributed by atoms with E-state index < -0.39 is 0 Å². The second-order valence-electron chi connectivity index (χ2n) is 22.6. The van der Waals surface area contributed by atoms with E-state index in [0.29, 0.717) is 0 Å². The second kappa shape index (κ2) is 20.9. The van der Waals surface area contributed by atoms with E-state index in [4.69, 9.17) is 0 Å². The lowest BCUT2D eigenvalue weighted by molar-refractivity contribution is 0.634. The summed E-state index contributed by atoms with van der Waals surface area (Å²) in [5.74, 6) is 0.724. The maximum absolute atomic E-state index is 2.43. The Hall–Kier alpha value is -8.06. The van der Waals surface area contributed by atoms with E-state index in [0.717, 1.165) is 12.3 Å². The summed E-state index contributed by atoms with van der Waals surface area (Å²) in [4.78, 5) is 0. The lowest BCUT2D eigenvalue weighted by atomic mass is 9.81. The summed E-state index contributed by atoms with van der Waals surface area (Å²) in [5.41, 5.74) is 29.2. The van der Waals surface area contributed by atoms with Crippen LogP contribution in [0.15, 0.2) is 237 Å². The number of hydrogen-bond acceptors (Lipinski definition) is 0. The van der Waals surface area contributed by atoms with Crippen LogP contribution >= 0.6 is 0 Å². The van der Waals surface area contributed by atoms with Crippen molar-refractivity contribution in [1.82, 2.24) is 0 Å². The van der Waals surface area contributed by atoms with Gasteiger partial charge in [0.2, 0.25) is 0 Å². The lowest BCUT2D eigenvalue weighted by Gasteiger charge is -2.22. The molecule has 0 heterocycles. The van der Waals surface area contributed by atoms with Crippen LogP contribution in [0.1, 0.15) is 103 Å². The molecule has 0 aromatic heterocycles. The fourth-order valence-electron chi connectivity index (χ4n) is 12.1. The van der Waals surface area contributed by atoms with Crippen LogP contribution in [-0.2, 0) is 17.3 Å². The molecule has 0 aliphatic heterocycles. The van der Waals surface area contributed by atoms with Crippen LogP contribution in [0.3, 0.4) is 0 Å². The van der Waals surface area contributed by atoms with Crippen molar-refractivity contribution in [2.45, 2.75) is 85.5 Å². The zero-order valence-electron chi connectivity index (χ0n) is 45.7. The van der Waals surface area contributed by atoms with Gasteiger partial charge in [-0.1, -0.05) is 282 Å². The van der Waals surface area contributed by atoms with Crippen molar-refractivity contribution in [1.29, 1.82) is 0 Å². The normalized spacial score (nSPS) is 15.2. The monoisotopic (exact) mass is 983 g/mol. The Kier molecular flexibility index (Phi) is 13.8. The molecule has 0 radical (unpaired) electrons. The highest BCUT2D eigenvalue weighted by Gasteiger charge is 2.36. The van der Waals surface area contributed by atoms with Crippen molar-refractivity contribution in [2.75, 3.05) is 0 Å².